The van der Waals surface area contributed by atoms with Crippen LogP contribution in [0.4, 0.5) is 18.3 Å². The minimum atomic E-state index is -4.55. The van der Waals surface area contributed by atoms with E-state index in [1.54, 1.807) is 0 Å². The number of methoxy groups -OCH3 is 1. The zero-order valence-electron chi connectivity index (χ0n) is 10.1. The molecule has 0 radical (unpaired) electrons. The Morgan fingerprint density at radius 1 is 1.42 bits per heavy atom. The van der Waals surface area contributed by atoms with E-state index in [2.05, 4.69) is 20.0 Å². The van der Waals surface area contributed by atoms with Gasteiger partial charge in [0.2, 0.25) is 16.9 Å². The average Bonchev–Trinajstić information content (AvgIpc) is 2.78. The molecule has 1 heterocycles. The molecule has 2 N–H and O–H groups in total. The monoisotopic (exact) mass is 298 g/mol. The van der Waals surface area contributed by atoms with Crippen LogP contribution in [0.2, 0.25) is 0 Å². The molecule has 10 heteroatoms. The third kappa shape index (κ3) is 5.83. The zero-order chi connectivity index (χ0) is 14.3. The molecule has 1 amide bonds. The highest BCUT2D eigenvalue weighted by Crippen LogP contribution is 2.28. The van der Waals surface area contributed by atoms with E-state index in [1.165, 1.54) is 7.11 Å². The Morgan fingerprint density at radius 2 is 2.16 bits per heavy atom. The molecule has 108 valence electrons. The van der Waals surface area contributed by atoms with E-state index >= 15 is 0 Å². The minimum absolute atomic E-state index is 0.0389. The summed E-state index contributed by atoms with van der Waals surface area (Å²) in [6.45, 7) is 0.988. The van der Waals surface area contributed by atoms with E-state index in [1.807, 2.05) is 0 Å². The van der Waals surface area contributed by atoms with E-state index in [0.29, 0.717) is 24.7 Å². The van der Waals surface area contributed by atoms with E-state index in [4.69, 9.17) is 4.74 Å². The van der Waals surface area contributed by atoms with E-state index < -0.39 is 12.0 Å². The number of nitrogens with one attached hydrogen (secondary N) is 2. The van der Waals surface area contributed by atoms with Crippen molar-refractivity contribution in [2.24, 2.45) is 0 Å². The fraction of sp³-hybridized carbons (Fsp3) is 0.667. The first-order chi connectivity index (χ1) is 8.93. The molecule has 0 saturated heterocycles. The molecule has 0 aliphatic rings. The molecular formula is C9H13F3N4O2S. The van der Waals surface area contributed by atoms with Crippen molar-refractivity contribution in [1.29, 1.82) is 0 Å². The van der Waals surface area contributed by atoms with E-state index in [-0.39, 0.29) is 24.0 Å². The molecule has 0 unspecified atom stereocenters. The Bertz CT molecular complexity index is 410. The van der Waals surface area contributed by atoms with Gasteiger partial charge in [-0.3, -0.25) is 4.79 Å². The Labute approximate surface area is 111 Å². The van der Waals surface area contributed by atoms with Crippen molar-refractivity contribution in [2.75, 3.05) is 32.1 Å². The highest BCUT2D eigenvalue weighted by atomic mass is 32.1. The molecule has 0 fully saturated rings. The van der Waals surface area contributed by atoms with Crippen molar-refractivity contribution < 1.29 is 22.7 Å². The van der Waals surface area contributed by atoms with Crippen LogP contribution in [0.15, 0.2) is 0 Å². The molecule has 0 atom stereocenters. The van der Waals surface area contributed by atoms with Gasteiger partial charge in [-0.1, -0.05) is 0 Å². The maximum atomic E-state index is 12.2. The number of carbonyl (C=O) groups excluding carboxylic acids is 1. The Kier molecular flexibility index (Phi) is 5.96. The van der Waals surface area contributed by atoms with E-state index in [9.17, 15) is 18.0 Å². The third-order valence-electron chi connectivity index (χ3n) is 1.94. The molecule has 0 aliphatic carbocycles. The van der Waals surface area contributed by atoms with Gasteiger partial charge in [-0.25, -0.2) is 0 Å². The summed E-state index contributed by atoms with van der Waals surface area (Å²) in [7, 11) is 1.52. The van der Waals surface area contributed by atoms with Gasteiger partial charge in [-0.15, -0.1) is 0 Å². The Hall–Kier alpha value is -1.42. The van der Waals surface area contributed by atoms with Gasteiger partial charge in [-0.2, -0.15) is 22.5 Å². The minimum Gasteiger partial charge on any atom is -0.383 e. The molecule has 0 aliphatic heterocycles. The number of hydrogen-bond donors (Lipinski definition) is 2. The van der Waals surface area contributed by atoms with Gasteiger partial charge >= 0.3 is 6.18 Å². The van der Waals surface area contributed by atoms with Crippen LogP contribution >= 0.6 is 11.5 Å². The first kappa shape index (κ1) is 15.6. The number of halogens is 3. The molecule has 0 spiro atoms. The number of amides is 1. The lowest BCUT2D eigenvalue weighted by molar-refractivity contribution is -0.144. The predicted octanol–water partition coefficient (Wildman–Crippen LogP) is 1.12. The van der Waals surface area contributed by atoms with E-state index in [0.717, 1.165) is 0 Å². The molecule has 1 aromatic heterocycles. The molecule has 0 aromatic carbocycles. The van der Waals surface area contributed by atoms with Gasteiger partial charge in [0.05, 0.1) is 6.61 Å². The summed E-state index contributed by atoms with van der Waals surface area (Å²) in [5, 5.41) is 5.23. The summed E-state index contributed by atoms with van der Waals surface area (Å²) in [6.07, 6.45) is -4.42. The lowest BCUT2D eigenvalue weighted by Crippen LogP contribution is -2.28. The summed E-state index contributed by atoms with van der Waals surface area (Å²) < 4.78 is 44.5. The number of carbonyl (C=O) groups is 1. The fourth-order valence-electron chi connectivity index (χ4n) is 1.07. The van der Waals surface area contributed by atoms with Crippen LogP contribution in [0.1, 0.15) is 12.2 Å². The van der Waals surface area contributed by atoms with Crippen molar-refractivity contribution in [2.45, 2.75) is 12.6 Å². The van der Waals surface area contributed by atoms with Crippen LogP contribution in [0.5, 0.6) is 0 Å². The van der Waals surface area contributed by atoms with Crippen molar-refractivity contribution in [3.05, 3.63) is 5.82 Å². The lowest BCUT2D eigenvalue weighted by Gasteiger charge is -2.04. The van der Waals surface area contributed by atoms with Crippen molar-refractivity contribution >= 4 is 22.6 Å². The lowest BCUT2D eigenvalue weighted by atomic mass is 10.4. The summed E-state index contributed by atoms with van der Waals surface area (Å²) in [6, 6.07) is 0. The van der Waals surface area contributed by atoms with Gasteiger partial charge in [0.15, 0.2) is 0 Å². The smallest absolute Gasteiger partial charge is 0.383 e. The summed E-state index contributed by atoms with van der Waals surface area (Å²) in [4.78, 5) is 14.5. The van der Waals surface area contributed by atoms with Crippen molar-refractivity contribution in [1.82, 2.24) is 14.7 Å². The van der Waals surface area contributed by atoms with Gasteiger partial charge in [-0.05, 0) is 0 Å². The maximum Gasteiger partial charge on any atom is 0.452 e. The second kappa shape index (κ2) is 7.24. The van der Waals surface area contributed by atoms with Gasteiger partial charge in [0.1, 0.15) is 0 Å². The number of alkyl halides is 3. The summed E-state index contributed by atoms with van der Waals surface area (Å²) in [5.41, 5.74) is 0. The highest BCUT2D eigenvalue weighted by molar-refractivity contribution is 7.09. The second-order valence-electron chi connectivity index (χ2n) is 3.44. The topological polar surface area (TPSA) is 76.1 Å². The number of hydrogen-bond acceptors (Lipinski definition) is 6. The summed E-state index contributed by atoms with van der Waals surface area (Å²) >= 11 is 0.606. The molecular weight excluding hydrogens is 285 g/mol. The molecule has 6 nitrogen and oxygen atoms in total. The maximum absolute atomic E-state index is 12.2. The Balaban J connectivity index is 2.26. The summed E-state index contributed by atoms with van der Waals surface area (Å²) in [5.74, 6) is -1.39. The third-order valence-corrected chi connectivity index (χ3v) is 2.61. The number of ether oxygens (including phenoxy) is 1. The highest BCUT2D eigenvalue weighted by Gasteiger charge is 2.36. The van der Waals surface area contributed by atoms with Crippen LogP contribution in [0, 0.1) is 0 Å². The normalized spacial score (nSPS) is 11.4. The zero-order valence-corrected chi connectivity index (χ0v) is 10.9. The Morgan fingerprint density at radius 3 is 2.74 bits per heavy atom. The molecule has 1 aromatic rings. The number of rotatable bonds is 7. The first-order valence-electron chi connectivity index (χ1n) is 5.34. The molecule has 19 heavy (non-hydrogen) atoms. The van der Waals surface area contributed by atoms with Crippen LogP contribution in [-0.2, 0) is 15.7 Å². The number of nitrogens with zero attached hydrogens (tertiary/aromatic N) is 2. The first-order valence-corrected chi connectivity index (χ1v) is 6.11. The van der Waals surface area contributed by atoms with Gasteiger partial charge in [0, 0.05) is 38.2 Å². The van der Waals surface area contributed by atoms with Crippen molar-refractivity contribution in [3.63, 3.8) is 0 Å². The quantitative estimate of drug-likeness (QED) is 0.738. The molecule has 0 bridgehead atoms. The van der Waals surface area contributed by atoms with Crippen LogP contribution in [0.3, 0.4) is 0 Å². The molecule has 0 saturated carbocycles. The van der Waals surface area contributed by atoms with Gasteiger partial charge < -0.3 is 15.4 Å². The largest absolute Gasteiger partial charge is 0.452 e. The van der Waals surface area contributed by atoms with Crippen molar-refractivity contribution in [3.8, 4) is 0 Å². The van der Waals surface area contributed by atoms with Crippen LogP contribution < -0.4 is 10.6 Å². The SMILES string of the molecule is COCCNC(=O)CCNc1nc(C(F)(F)F)ns1. The standard InChI is InChI=1S/C9H13F3N4O2S/c1-18-5-4-13-6(17)2-3-14-8-15-7(16-19-8)9(10,11)12/h2-5H2,1H3,(H,13,17)(H,14,15,16). The predicted molar refractivity (Wildman–Crippen MR) is 62.9 cm³/mol. The number of aromatic nitrogens is 2. The van der Waals surface area contributed by atoms with Crippen LogP contribution in [0.25, 0.3) is 0 Å². The average molecular weight is 298 g/mol. The molecule has 1 rings (SSSR count). The van der Waals surface area contributed by atoms with Gasteiger partial charge in [0.25, 0.3) is 0 Å². The van der Waals surface area contributed by atoms with Crippen LogP contribution in [-0.4, -0.2) is 42.1 Å². The second-order valence-corrected chi connectivity index (χ2v) is 4.19. The fourth-order valence-corrected chi connectivity index (χ4v) is 1.69. The number of anilines is 1.